The molecule has 26 heavy (non-hydrogen) atoms. The van der Waals surface area contributed by atoms with Gasteiger partial charge in [0.15, 0.2) is 5.96 Å². The molecule has 6 nitrogen and oxygen atoms in total. The van der Waals surface area contributed by atoms with Gasteiger partial charge in [0.1, 0.15) is 6.54 Å². The van der Waals surface area contributed by atoms with Crippen LogP contribution in [0.4, 0.5) is 5.69 Å². The Balaban J connectivity index is 2.45. The van der Waals surface area contributed by atoms with E-state index in [4.69, 9.17) is 0 Å². The van der Waals surface area contributed by atoms with Crippen LogP contribution >= 0.6 is 11.8 Å². The standard InChI is InChI=1S/C19H33N5OS/c1-16(26-5)14-21-19(22-15-18(25)23(2)3)20-12-9-13-24(4)17-10-7-6-8-11-17/h6-8,10-11,16H,9,12-15H2,1-5H3,(H2,20,21,22). The smallest absolute Gasteiger partial charge is 0.243 e. The number of aliphatic imine (C=N–C) groups is 1. The van der Waals surface area contributed by atoms with E-state index in [1.165, 1.54) is 5.69 Å². The number of likely N-dealkylation sites (N-methyl/N-ethyl adjacent to an activating group) is 1. The molecule has 1 atom stereocenters. The minimum Gasteiger partial charge on any atom is -0.375 e. The maximum atomic E-state index is 11.8. The zero-order valence-electron chi connectivity index (χ0n) is 16.7. The lowest BCUT2D eigenvalue weighted by Gasteiger charge is -2.20. The average molecular weight is 380 g/mol. The number of thioether (sulfide) groups is 1. The SMILES string of the molecule is CSC(C)CNC(=NCC(=O)N(C)C)NCCCN(C)c1ccccc1. The van der Waals surface area contributed by atoms with Crippen molar-refractivity contribution >= 4 is 29.3 Å². The number of carbonyl (C=O) groups is 1. The number of rotatable bonds is 10. The maximum Gasteiger partial charge on any atom is 0.243 e. The number of carbonyl (C=O) groups excluding carboxylic acids is 1. The van der Waals surface area contributed by atoms with Crippen LogP contribution in [0, 0.1) is 0 Å². The van der Waals surface area contributed by atoms with E-state index in [1.807, 2.05) is 18.2 Å². The Bertz CT molecular complexity index is 550. The summed E-state index contributed by atoms with van der Waals surface area (Å²) in [6.45, 7) is 4.87. The van der Waals surface area contributed by atoms with E-state index < -0.39 is 0 Å². The van der Waals surface area contributed by atoms with E-state index in [2.05, 4.69) is 52.9 Å². The number of guanidine groups is 1. The van der Waals surface area contributed by atoms with Crippen molar-refractivity contribution < 1.29 is 4.79 Å². The zero-order chi connectivity index (χ0) is 19.4. The van der Waals surface area contributed by atoms with E-state index in [0.717, 1.165) is 26.1 Å². The molecule has 146 valence electrons. The Morgan fingerprint density at radius 3 is 2.50 bits per heavy atom. The maximum absolute atomic E-state index is 11.8. The van der Waals surface area contributed by atoms with Crippen molar-refractivity contribution in [2.45, 2.75) is 18.6 Å². The Morgan fingerprint density at radius 1 is 1.19 bits per heavy atom. The molecule has 2 N–H and O–H groups in total. The Kier molecular flexibility index (Phi) is 10.6. The molecular formula is C19H33N5OS. The third-order valence-corrected chi connectivity index (χ3v) is 4.96. The van der Waals surface area contributed by atoms with Crippen molar-refractivity contribution in [3.05, 3.63) is 30.3 Å². The first-order valence-electron chi connectivity index (χ1n) is 8.95. The van der Waals surface area contributed by atoms with Gasteiger partial charge < -0.3 is 20.4 Å². The summed E-state index contributed by atoms with van der Waals surface area (Å²) < 4.78 is 0. The number of hydrogen-bond donors (Lipinski definition) is 2. The molecule has 1 aromatic carbocycles. The fourth-order valence-corrected chi connectivity index (χ4v) is 2.37. The predicted molar refractivity (Wildman–Crippen MR) is 114 cm³/mol. The first-order valence-corrected chi connectivity index (χ1v) is 10.2. The van der Waals surface area contributed by atoms with Gasteiger partial charge in [-0.05, 0) is 24.8 Å². The van der Waals surface area contributed by atoms with Gasteiger partial charge in [0, 0.05) is 51.7 Å². The van der Waals surface area contributed by atoms with Crippen LogP contribution in [0.15, 0.2) is 35.3 Å². The highest BCUT2D eigenvalue weighted by Gasteiger charge is 2.06. The number of para-hydroxylation sites is 1. The predicted octanol–water partition coefficient (Wildman–Crippen LogP) is 1.89. The molecular weight excluding hydrogens is 346 g/mol. The zero-order valence-corrected chi connectivity index (χ0v) is 17.5. The Hall–Kier alpha value is -1.89. The first kappa shape index (κ1) is 22.2. The van der Waals surface area contributed by atoms with Gasteiger partial charge in [0.2, 0.25) is 5.91 Å². The largest absolute Gasteiger partial charge is 0.375 e. The van der Waals surface area contributed by atoms with Crippen LogP contribution in [0.5, 0.6) is 0 Å². The molecule has 0 saturated carbocycles. The molecule has 0 fully saturated rings. The molecule has 0 aromatic heterocycles. The highest BCUT2D eigenvalue weighted by Crippen LogP contribution is 2.10. The van der Waals surface area contributed by atoms with Gasteiger partial charge >= 0.3 is 0 Å². The number of nitrogens with one attached hydrogen (secondary N) is 2. The molecule has 1 aromatic rings. The molecule has 0 bridgehead atoms. The Morgan fingerprint density at radius 2 is 1.88 bits per heavy atom. The van der Waals surface area contributed by atoms with Crippen molar-refractivity contribution in [1.29, 1.82) is 0 Å². The molecule has 0 spiro atoms. The van der Waals surface area contributed by atoms with E-state index >= 15 is 0 Å². The highest BCUT2D eigenvalue weighted by atomic mass is 32.2. The second kappa shape index (κ2) is 12.5. The number of anilines is 1. The van der Waals surface area contributed by atoms with Gasteiger partial charge in [-0.25, -0.2) is 4.99 Å². The molecule has 1 unspecified atom stereocenters. The number of nitrogens with zero attached hydrogens (tertiary/aromatic N) is 3. The fraction of sp³-hybridized carbons (Fsp3) is 0.579. The van der Waals surface area contributed by atoms with Gasteiger partial charge in [-0.1, -0.05) is 25.1 Å². The quantitative estimate of drug-likeness (QED) is 0.369. The first-order chi connectivity index (χ1) is 12.4. The van der Waals surface area contributed by atoms with Crippen LogP contribution in [-0.4, -0.2) is 75.6 Å². The van der Waals surface area contributed by atoms with Crippen LogP contribution < -0.4 is 15.5 Å². The number of hydrogen-bond acceptors (Lipinski definition) is 4. The third-order valence-electron chi connectivity index (χ3n) is 3.99. The molecule has 0 aliphatic rings. The molecule has 0 saturated heterocycles. The number of amides is 1. The molecule has 0 radical (unpaired) electrons. The normalized spacial score (nSPS) is 12.4. The van der Waals surface area contributed by atoms with Crippen molar-refractivity contribution in [3.63, 3.8) is 0 Å². The van der Waals surface area contributed by atoms with Gasteiger partial charge in [-0.15, -0.1) is 0 Å². The van der Waals surface area contributed by atoms with Gasteiger partial charge in [0.05, 0.1) is 0 Å². The van der Waals surface area contributed by atoms with Crippen molar-refractivity contribution in [1.82, 2.24) is 15.5 Å². The summed E-state index contributed by atoms with van der Waals surface area (Å²) in [5.41, 5.74) is 1.21. The number of benzene rings is 1. The molecule has 0 aliphatic carbocycles. The van der Waals surface area contributed by atoms with Crippen molar-refractivity contribution in [2.24, 2.45) is 4.99 Å². The fourth-order valence-electron chi connectivity index (χ4n) is 2.12. The molecule has 0 heterocycles. The summed E-state index contributed by atoms with van der Waals surface area (Å²) in [6, 6.07) is 10.3. The van der Waals surface area contributed by atoms with E-state index in [1.54, 1.807) is 30.8 Å². The lowest BCUT2D eigenvalue weighted by molar-refractivity contribution is -0.127. The molecule has 1 amide bonds. The van der Waals surface area contributed by atoms with E-state index in [-0.39, 0.29) is 12.5 Å². The summed E-state index contributed by atoms with van der Waals surface area (Å²) in [4.78, 5) is 20.0. The summed E-state index contributed by atoms with van der Waals surface area (Å²) in [5, 5.41) is 7.13. The topological polar surface area (TPSA) is 60.0 Å². The van der Waals surface area contributed by atoms with E-state index in [0.29, 0.717) is 11.2 Å². The molecule has 0 aliphatic heterocycles. The van der Waals surface area contributed by atoms with Crippen LogP contribution in [0.1, 0.15) is 13.3 Å². The summed E-state index contributed by atoms with van der Waals surface area (Å²) in [7, 11) is 5.58. The van der Waals surface area contributed by atoms with Gasteiger partial charge in [0.25, 0.3) is 0 Å². The monoisotopic (exact) mass is 379 g/mol. The summed E-state index contributed by atoms with van der Waals surface area (Å²) in [5.74, 6) is 0.691. The summed E-state index contributed by atoms with van der Waals surface area (Å²) >= 11 is 1.80. The van der Waals surface area contributed by atoms with Crippen LogP contribution in [0.3, 0.4) is 0 Å². The van der Waals surface area contributed by atoms with E-state index in [9.17, 15) is 4.79 Å². The molecule has 7 heteroatoms. The molecule has 1 rings (SSSR count). The van der Waals surface area contributed by atoms with Crippen LogP contribution in [-0.2, 0) is 4.79 Å². The lowest BCUT2D eigenvalue weighted by atomic mass is 10.3. The summed E-state index contributed by atoms with van der Waals surface area (Å²) in [6.07, 6.45) is 3.07. The van der Waals surface area contributed by atoms with Crippen molar-refractivity contribution in [2.75, 3.05) is 58.5 Å². The van der Waals surface area contributed by atoms with Crippen molar-refractivity contribution in [3.8, 4) is 0 Å². The Labute approximate surface area is 162 Å². The second-order valence-corrected chi connectivity index (χ2v) is 7.69. The second-order valence-electron chi connectivity index (χ2n) is 6.42. The highest BCUT2D eigenvalue weighted by molar-refractivity contribution is 7.99. The lowest BCUT2D eigenvalue weighted by Crippen LogP contribution is -2.41. The average Bonchev–Trinajstić information content (AvgIpc) is 2.66. The van der Waals surface area contributed by atoms with Gasteiger partial charge in [-0.2, -0.15) is 11.8 Å². The van der Waals surface area contributed by atoms with Gasteiger partial charge in [-0.3, -0.25) is 4.79 Å². The third kappa shape index (κ3) is 8.99. The minimum absolute atomic E-state index is 0.00664. The van der Waals surface area contributed by atoms with Crippen LogP contribution in [0.2, 0.25) is 0 Å². The van der Waals surface area contributed by atoms with Crippen LogP contribution in [0.25, 0.3) is 0 Å². The minimum atomic E-state index is -0.00664.